The topological polar surface area (TPSA) is 0 Å². The predicted molar refractivity (Wildman–Crippen MR) is 9.94 cm³/mol. The van der Waals surface area contributed by atoms with Gasteiger partial charge in [0.15, 0.2) is 17.4 Å². The molecule has 0 bridgehead atoms. The van der Waals surface area contributed by atoms with Gasteiger partial charge in [-0.3, -0.25) is 0 Å². The molecule has 0 heterocycles. The fourth-order valence-corrected chi connectivity index (χ4v) is 0. The maximum Gasteiger partial charge on any atom is 0.187 e. The van der Waals surface area contributed by atoms with Crippen LogP contribution in [0.15, 0.2) is 0 Å². The van der Waals surface area contributed by atoms with Crippen LogP contribution >= 0.6 is 0 Å². The van der Waals surface area contributed by atoms with Crippen LogP contribution in [0, 0.1) is 0 Å². The minimum absolute atomic E-state index is 0. The zero-order chi connectivity index (χ0) is 0. The molecule has 0 aliphatic carbocycles. The van der Waals surface area contributed by atoms with Crippen molar-refractivity contribution in [3.8, 4) is 0 Å². The van der Waals surface area contributed by atoms with E-state index in [2.05, 4.69) is 0 Å². The van der Waals surface area contributed by atoms with Gasteiger partial charge in [-0.25, -0.2) is 0 Å². The van der Waals surface area contributed by atoms with E-state index in [0.717, 1.165) is 0 Å². The van der Waals surface area contributed by atoms with Gasteiger partial charge in [0.2, 0.25) is 0 Å². The third-order valence-electron chi connectivity index (χ3n) is 0. The Kier molecular flexibility index (Phi) is 140. The summed E-state index contributed by atoms with van der Waals surface area (Å²) in [5, 5.41) is 0. The zero-order valence-electron chi connectivity index (χ0n) is 1.30. The van der Waals surface area contributed by atoms with E-state index in [-0.39, 0.29) is 78.5 Å². The minimum atomic E-state index is 0. The summed E-state index contributed by atoms with van der Waals surface area (Å²) in [6.07, 6.45) is 0. The van der Waals surface area contributed by atoms with Crippen molar-refractivity contribution in [3.05, 3.63) is 0 Å². The molecule has 4 heteroatoms. The average molecular weight is 227 g/mol. The summed E-state index contributed by atoms with van der Waals surface area (Å²) in [6, 6.07) is 0. The van der Waals surface area contributed by atoms with Crippen LogP contribution in [-0.4, -0.2) is 17.4 Å². The third-order valence-corrected chi connectivity index (χ3v) is 0. The van der Waals surface area contributed by atoms with Gasteiger partial charge in [-0.15, -0.1) is 0 Å². The smallest absolute Gasteiger partial charge is 0 e. The van der Waals surface area contributed by atoms with Crippen molar-refractivity contribution in [1.82, 2.24) is 0 Å². The Bertz CT molecular complexity index is 8.00. The van der Waals surface area contributed by atoms with Gasteiger partial charge in [-0.1, -0.05) is 0 Å². The number of hydrogen-bond acceptors (Lipinski definition) is 0. The second kappa shape index (κ2) is 17.8. The van der Waals surface area contributed by atoms with Crippen LogP contribution < -0.4 is 0 Å². The summed E-state index contributed by atoms with van der Waals surface area (Å²) in [7, 11) is 0. The van der Waals surface area contributed by atoms with Gasteiger partial charge in [0, 0.05) is 61.2 Å². The van der Waals surface area contributed by atoms with Gasteiger partial charge in [0.1, 0.15) is 0 Å². The molecule has 0 saturated carbocycles. The molecule has 4 heavy (non-hydrogen) atoms. The van der Waals surface area contributed by atoms with E-state index in [1.54, 1.807) is 0 Å². The summed E-state index contributed by atoms with van der Waals surface area (Å²) >= 11 is 0. The molecule has 0 nitrogen and oxygen atoms in total. The maximum absolute atomic E-state index is 0. The van der Waals surface area contributed by atoms with Crippen molar-refractivity contribution < 1.29 is 61.2 Å². The van der Waals surface area contributed by atoms with Gasteiger partial charge in [-0.05, 0) is 0 Å². The maximum atomic E-state index is 0. The molecule has 0 N–H and O–H groups in total. The van der Waals surface area contributed by atoms with Crippen molar-refractivity contribution in [1.29, 1.82) is 0 Å². The van der Waals surface area contributed by atoms with Crippen LogP contribution in [0.2, 0.25) is 0 Å². The number of hydrogen-bond donors (Lipinski definition) is 0. The van der Waals surface area contributed by atoms with Crippen molar-refractivity contribution >= 4 is 17.4 Å². The summed E-state index contributed by atoms with van der Waals surface area (Å²) in [5.41, 5.74) is 0. The Morgan fingerprint density at radius 1 is 1.00 bits per heavy atom. The first-order valence-electron chi connectivity index (χ1n) is 0. The van der Waals surface area contributed by atoms with Crippen LogP contribution in [0.3, 0.4) is 0 Å². The van der Waals surface area contributed by atoms with E-state index >= 15 is 0 Å². The predicted octanol–water partition coefficient (Wildman–Crippen LogP) is -1.19. The van der Waals surface area contributed by atoms with Crippen molar-refractivity contribution in [2.75, 3.05) is 0 Å². The van der Waals surface area contributed by atoms with E-state index in [9.17, 15) is 0 Å². The quantitative estimate of drug-likeness (QED) is 0.456. The van der Waals surface area contributed by atoms with Crippen molar-refractivity contribution in [2.24, 2.45) is 0 Å². The molecule has 23 valence electrons. The largest absolute Gasteiger partial charge is 0.187 e. The first kappa shape index (κ1) is 31.4. The standard InChI is InChI=1S/Al.Fe.Nb.Ti.3H. The molecule has 0 aromatic heterocycles. The molecule has 0 aromatic rings. The first-order chi connectivity index (χ1) is 0. The molecule has 0 fully saturated rings. The second-order valence-corrected chi connectivity index (χ2v) is 0. The molecular formula is H3AlFeNbTi. The average Bonchev–Trinajstić information content (AvgIpc) is 0. The Hall–Kier alpha value is 2.51. The van der Waals surface area contributed by atoms with E-state index < -0.39 is 0 Å². The van der Waals surface area contributed by atoms with Gasteiger partial charge in [0.05, 0.1) is 0 Å². The zero-order valence-corrected chi connectivity index (χ0v) is 6.17. The second-order valence-electron chi connectivity index (χ2n) is 0. The van der Waals surface area contributed by atoms with Crippen LogP contribution in [0.5, 0.6) is 0 Å². The van der Waals surface area contributed by atoms with Gasteiger partial charge >= 0.3 is 0 Å². The summed E-state index contributed by atoms with van der Waals surface area (Å²) < 4.78 is 0. The molecule has 0 amide bonds. The molecule has 0 atom stereocenters. The molecule has 0 unspecified atom stereocenters. The van der Waals surface area contributed by atoms with Crippen molar-refractivity contribution in [2.45, 2.75) is 0 Å². The molecule has 1 radical (unpaired) electrons. The monoisotopic (exact) mass is 227 g/mol. The summed E-state index contributed by atoms with van der Waals surface area (Å²) in [4.78, 5) is 0. The summed E-state index contributed by atoms with van der Waals surface area (Å²) in [6.45, 7) is 0. The van der Waals surface area contributed by atoms with Crippen LogP contribution in [0.1, 0.15) is 0 Å². The SMILES string of the molecule is [AlH3].[Fe].[Nb].[Ti]. The fourth-order valence-electron chi connectivity index (χ4n) is 0. The Morgan fingerprint density at radius 3 is 1.00 bits per heavy atom. The van der Waals surface area contributed by atoms with E-state index in [4.69, 9.17) is 0 Å². The first-order valence-corrected chi connectivity index (χ1v) is 0. The van der Waals surface area contributed by atoms with E-state index in [0.29, 0.717) is 0 Å². The fraction of sp³-hybridized carbons (Fsp3) is 0. The van der Waals surface area contributed by atoms with Crippen LogP contribution in [0.4, 0.5) is 0 Å². The van der Waals surface area contributed by atoms with E-state index in [1.807, 2.05) is 0 Å². The Morgan fingerprint density at radius 2 is 1.00 bits per heavy atom. The van der Waals surface area contributed by atoms with Gasteiger partial charge < -0.3 is 0 Å². The molecule has 0 aromatic carbocycles. The molecule has 0 saturated heterocycles. The van der Waals surface area contributed by atoms with Crippen LogP contribution in [-0.2, 0) is 61.2 Å². The Balaban J connectivity index is 0. The normalized spacial score (nSPS) is 0. The minimum Gasteiger partial charge on any atom is 0 e. The van der Waals surface area contributed by atoms with Gasteiger partial charge in [0.25, 0.3) is 0 Å². The molecule has 0 aliphatic heterocycles. The summed E-state index contributed by atoms with van der Waals surface area (Å²) in [5.74, 6) is 0. The molecular weight excluding hydrogens is 224 g/mol. The van der Waals surface area contributed by atoms with Crippen LogP contribution in [0.25, 0.3) is 0 Å². The molecule has 0 aliphatic rings. The molecule has 0 rings (SSSR count). The van der Waals surface area contributed by atoms with Gasteiger partial charge in [-0.2, -0.15) is 0 Å². The van der Waals surface area contributed by atoms with E-state index in [1.165, 1.54) is 0 Å². The van der Waals surface area contributed by atoms with Crippen molar-refractivity contribution in [3.63, 3.8) is 0 Å². The number of rotatable bonds is 0. The molecule has 0 spiro atoms. The third kappa shape index (κ3) is 8.82. The Labute approximate surface area is 77.5 Å².